The maximum Gasteiger partial charge on any atom is 0.244 e. The van der Waals surface area contributed by atoms with E-state index in [4.69, 9.17) is 16.0 Å². The lowest BCUT2D eigenvalue weighted by molar-refractivity contribution is -0.116. The van der Waals surface area contributed by atoms with Gasteiger partial charge in [0, 0.05) is 23.2 Å². The van der Waals surface area contributed by atoms with Crippen LogP contribution in [0.15, 0.2) is 58.6 Å². The average molecular weight is 338 g/mol. The number of furan rings is 1. The smallest absolute Gasteiger partial charge is 0.244 e. The van der Waals surface area contributed by atoms with E-state index >= 15 is 0 Å². The topological polar surface area (TPSA) is 62.5 Å². The van der Waals surface area contributed by atoms with Gasteiger partial charge in [-0.2, -0.15) is 0 Å². The summed E-state index contributed by atoms with van der Waals surface area (Å²) in [6.45, 7) is 0.107. The minimum Gasteiger partial charge on any atom is -0.468 e. The Balaban J connectivity index is 1.72. The highest BCUT2D eigenvalue weighted by atomic mass is 35.5. The Morgan fingerprint density at radius 1 is 1.36 bits per heavy atom. The van der Waals surface area contributed by atoms with Gasteiger partial charge in [-0.05, 0) is 23.6 Å². The van der Waals surface area contributed by atoms with Crippen molar-refractivity contribution in [2.45, 2.75) is 11.9 Å². The van der Waals surface area contributed by atoms with E-state index in [2.05, 4.69) is 5.32 Å². The van der Waals surface area contributed by atoms with Crippen LogP contribution in [0.25, 0.3) is 0 Å². The molecular weight excluding hydrogens is 322 g/mol. The van der Waals surface area contributed by atoms with Crippen LogP contribution in [0.3, 0.4) is 0 Å². The fraction of sp³-hybridized carbons (Fsp3) is 0.188. The normalized spacial score (nSPS) is 12.5. The Bertz CT molecular complexity index is 628. The molecule has 2 rings (SSSR count). The first-order valence-electron chi connectivity index (χ1n) is 6.67. The highest BCUT2D eigenvalue weighted by Gasteiger charge is 2.11. The number of amides is 1. The van der Waals surface area contributed by atoms with Crippen LogP contribution in [0.2, 0.25) is 5.02 Å². The summed E-state index contributed by atoms with van der Waals surface area (Å²) in [6, 6.07) is 10.7. The van der Waals surface area contributed by atoms with Gasteiger partial charge in [0.1, 0.15) is 5.76 Å². The van der Waals surface area contributed by atoms with Crippen molar-refractivity contribution in [3.63, 3.8) is 0 Å². The molecule has 2 aromatic rings. The summed E-state index contributed by atoms with van der Waals surface area (Å²) in [5.41, 5.74) is 0.598. The number of halogens is 1. The lowest BCUT2D eigenvalue weighted by Crippen LogP contribution is -2.26. The maximum atomic E-state index is 11.6. The lowest BCUT2D eigenvalue weighted by atomic mass is 10.1. The minimum absolute atomic E-state index is 0.107. The summed E-state index contributed by atoms with van der Waals surface area (Å²) in [6.07, 6.45) is 2.21. The first-order chi connectivity index (χ1) is 10.7. The van der Waals surface area contributed by atoms with Crippen LogP contribution in [0.1, 0.15) is 17.4 Å². The van der Waals surface area contributed by atoms with Crippen LogP contribution in [0.5, 0.6) is 0 Å². The highest BCUT2D eigenvalue weighted by Crippen LogP contribution is 2.21. The number of hydrogen-bond donors (Lipinski definition) is 2. The molecule has 0 saturated carbocycles. The number of carbonyl (C=O) groups excluding carboxylic acids is 1. The molecule has 1 aromatic heterocycles. The van der Waals surface area contributed by atoms with Gasteiger partial charge in [0.25, 0.3) is 0 Å². The molecule has 1 amide bonds. The van der Waals surface area contributed by atoms with Gasteiger partial charge >= 0.3 is 0 Å². The first-order valence-corrected chi connectivity index (χ1v) is 8.10. The number of thioether (sulfide) groups is 1. The molecular formula is C16H16ClNO3S. The Kier molecular flexibility index (Phi) is 6.58. The van der Waals surface area contributed by atoms with Gasteiger partial charge in [0.2, 0.25) is 5.91 Å². The zero-order valence-electron chi connectivity index (χ0n) is 11.7. The summed E-state index contributed by atoms with van der Waals surface area (Å²) in [5.74, 6) is 1.25. The molecule has 6 heteroatoms. The molecule has 1 aromatic carbocycles. The van der Waals surface area contributed by atoms with Gasteiger partial charge < -0.3 is 14.8 Å². The van der Waals surface area contributed by atoms with Crippen LogP contribution >= 0.6 is 23.4 Å². The summed E-state index contributed by atoms with van der Waals surface area (Å²) in [7, 11) is 0. The Morgan fingerprint density at radius 2 is 2.18 bits per heavy atom. The molecule has 0 radical (unpaired) electrons. The number of aliphatic hydroxyl groups excluding tert-OH is 1. The van der Waals surface area contributed by atoms with E-state index in [1.54, 1.807) is 35.9 Å². The van der Waals surface area contributed by atoms with Gasteiger partial charge in [-0.1, -0.05) is 29.8 Å². The molecule has 2 N–H and O–H groups in total. The van der Waals surface area contributed by atoms with E-state index in [0.717, 1.165) is 5.76 Å². The number of carbonyl (C=O) groups is 1. The van der Waals surface area contributed by atoms with Crippen molar-refractivity contribution in [2.24, 2.45) is 0 Å². The molecule has 0 spiro atoms. The quantitative estimate of drug-likeness (QED) is 0.759. The van der Waals surface area contributed by atoms with E-state index in [9.17, 15) is 9.90 Å². The van der Waals surface area contributed by atoms with Gasteiger partial charge in [0.05, 0.1) is 18.1 Å². The molecule has 4 nitrogen and oxygen atoms in total. The second-order valence-electron chi connectivity index (χ2n) is 4.48. The summed E-state index contributed by atoms with van der Waals surface area (Å²) >= 11 is 7.44. The monoisotopic (exact) mass is 337 g/mol. The summed E-state index contributed by atoms with van der Waals surface area (Å²) < 4.78 is 5.18. The van der Waals surface area contributed by atoms with Crippen LogP contribution < -0.4 is 5.32 Å². The SMILES string of the molecule is O=C(/C=C/SCc1ccco1)NCC(O)c1ccccc1Cl. The van der Waals surface area contributed by atoms with E-state index in [-0.39, 0.29) is 12.5 Å². The second kappa shape index (κ2) is 8.68. The van der Waals surface area contributed by atoms with Crippen LogP contribution in [0.4, 0.5) is 0 Å². The molecule has 1 atom stereocenters. The first kappa shape index (κ1) is 16.7. The number of rotatable bonds is 7. The van der Waals surface area contributed by atoms with Crippen molar-refractivity contribution in [3.8, 4) is 0 Å². The Labute approximate surface area is 138 Å². The number of benzene rings is 1. The highest BCUT2D eigenvalue weighted by molar-refractivity contribution is 8.01. The molecule has 1 unspecified atom stereocenters. The third-order valence-electron chi connectivity index (χ3n) is 2.86. The van der Waals surface area contributed by atoms with Gasteiger partial charge in [0.15, 0.2) is 0 Å². The van der Waals surface area contributed by atoms with Gasteiger partial charge in [-0.15, -0.1) is 11.8 Å². The molecule has 0 fully saturated rings. The van der Waals surface area contributed by atoms with Crippen molar-refractivity contribution in [1.82, 2.24) is 5.32 Å². The van der Waals surface area contributed by atoms with Crippen molar-refractivity contribution < 1.29 is 14.3 Å². The fourth-order valence-corrected chi connectivity index (χ4v) is 2.65. The zero-order valence-corrected chi connectivity index (χ0v) is 13.3. The Morgan fingerprint density at radius 3 is 2.91 bits per heavy atom. The maximum absolute atomic E-state index is 11.6. The third-order valence-corrected chi connectivity index (χ3v) is 3.98. The summed E-state index contributed by atoms with van der Waals surface area (Å²) in [4.78, 5) is 11.6. The standard InChI is InChI=1S/C16H16ClNO3S/c17-14-6-2-1-5-13(14)15(19)10-18-16(20)7-9-22-11-12-4-3-8-21-12/h1-9,15,19H,10-11H2,(H,18,20)/b9-7+. The average Bonchev–Trinajstić information content (AvgIpc) is 3.03. The molecule has 22 heavy (non-hydrogen) atoms. The lowest BCUT2D eigenvalue weighted by Gasteiger charge is -2.12. The summed E-state index contributed by atoms with van der Waals surface area (Å²) in [5, 5.41) is 14.8. The molecule has 0 aliphatic carbocycles. The van der Waals surface area contributed by atoms with E-state index < -0.39 is 6.10 Å². The largest absolute Gasteiger partial charge is 0.468 e. The molecule has 1 heterocycles. The minimum atomic E-state index is -0.832. The van der Waals surface area contributed by atoms with Crippen molar-refractivity contribution in [1.29, 1.82) is 0 Å². The van der Waals surface area contributed by atoms with E-state index in [1.165, 1.54) is 17.8 Å². The second-order valence-corrected chi connectivity index (χ2v) is 5.78. The zero-order chi connectivity index (χ0) is 15.8. The predicted molar refractivity (Wildman–Crippen MR) is 88.6 cm³/mol. The number of nitrogens with one attached hydrogen (secondary N) is 1. The fourth-order valence-electron chi connectivity index (χ4n) is 1.75. The molecule has 0 aliphatic rings. The number of aliphatic hydroxyl groups is 1. The third kappa shape index (κ3) is 5.26. The molecule has 0 aliphatic heterocycles. The predicted octanol–water partition coefficient (Wildman–Crippen LogP) is 3.53. The Hall–Kier alpha value is -1.69. The van der Waals surface area contributed by atoms with Crippen molar-refractivity contribution >= 4 is 29.3 Å². The van der Waals surface area contributed by atoms with Gasteiger partial charge in [-0.3, -0.25) is 4.79 Å². The molecule has 0 saturated heterocycles. The molecule has 116 valence electrons. The van der Waals surface area contributed by atoms with Crippen molar-refractivity contribution in [3.05, 3.63) is 70.5 Å². The van der Waals surface area contributed by atoms with Crippen LogP contribution in [-0.4, -0.2) is 17.6 Å². The van der Waals surface area contributed by atoms with Gasteiger partial charge in [-0.25, -0.2) is 0 Å². The van der Waals surface area contributed by atoms with E-state index in [0.29, 0.717) is 16.3 Å². The van der Waals surface area contributed by atoms with E-state index in [1.807, 2.05) is 12.1 Å². The number of hydrogen-bond acceptors (Lipinski definition) is 4. The van der Waals surface area contributed by atoms with Crippen molar-refractivity contribution in [2.75, 3.05) is 6.54 Å². The van der Waals surface area contributed by atoms with Crippen LogP contribution in [0, 0.1) is 0 Å². The van der Waals surface area contributed by atoms with Crippen LogP contribution in [-0.2, 0) is 10.5 Å². The molecule has 0 bridgehead atoms.